The van der Waals surface area contributed by atoms with Gasteiger partial charge in [-0.25, -0.2) is 4.79 Å². The van der Waals surface area contributed by atoms with E-state index in [0.29, 0.717) is 23.3 Å². The highest BCUT2D eigenvalue weighted by atomic mass is 16.6. The van der Waals surface area contributed by atoms with Crippen LogP contribution in [0.3, 0.4) is 0 Å². The molecule has 0 unspecified atom stereocenters. The van der Waals surface area contributed by atoms with Crippen molar-refractivity contribution < 1.29 is 23.8 Å². The lowest BCUT2D eigenvalue weighted by Gasteiger charge is -2.24. The maximum atomic E-state index is 11.8. The molecule has 19 heavy (non-hydrogen) atoms. The van der Waals surface area contributed by atoms with Gasteiger partial charge in [0.15, 0.2) is 11.5 Å². The summed E-state index contributed by atoms with van der Waals surface area (Å²) in [6.07, 6.45) is 1.17. The van der Waals surface area contributed by atoms with E-state index < -0.39 is 12.1 Å². The second kappa shape index (κ2) is 5.56. The largest absolute Gasteiger partial charge is 0.493 e. The van der Waals surface area contributed by atoms with Crippen molar-refractivity contribution in [3.8, 4) is 11.5 Å². The van der Waals surface area contributed by atoms with Gasteiger partial charge >= 0.3 is 5.97 Å². The molecule has 0 amide bonds. The van der Waals surface area contributed by atoms with Crippen molar-refractivity contribution in [1.29, 1.82) is 0 Å². The fourth-order valence-electron chi connectivity index (χ4n) is 1.87. The van der Waals surface area contributed by atoms with Gasteiger partial charge in [0, 0.05) is 11.1 Å². The summed E-state index contributed by atoms with van der Waals surface area (Å²) in [7, 11) is 1.51. The monoisotopic (exact) mass is 262 g/mol. The molecule has 1 aliphatic heterocycles. The molecule has 1 heterocycles. The molecule has 5 heteroatoms. The third-order valence-corrected chi connectivity index (χ3v) is 2.73. The highest BCUT2D eigenvalue weighted by Crippen LogP contribution is 2.37. The van der Waals surface area contributed by atoms with E-state index in [2.05, 4.69) is 0 Å². The number of rotatable bonds is 4. The molecular formula is C14H14O5. The highest BCUT2D eigenvalue weighted by molar-refractivity contribution is 5.95. The van der Waals surface area contributed by atoms with Crippen LogP contribution in [0.4, 0.5) is 0 Å². The standard InChI is InChI=1S/C14H14O5/c1-3-18-14(16)13-10(8-15)7-9-5-4-6-11(17-2)12(9)19-13/h4-8,13H,3H2,1-2H3/t13-/m0/s1. The van der Waals surface area contributed by atoms with E-state index >= 15 is 0 Å². The molecule has 0 saturated heterocycles. The lowest BCUT2D eigenvalue weighted by Crippen LogP contribution is -2.34. The molecule has 0 N–H and O–H groups in total. The minimum atomic E-state index is -1.04. The molecule has 1 aliphatic rings. The third kappa shape index (κ3) is 2.45. The number of benzene rings is 1. The molecule has 0 saturated carbocycles. The number of fused-ring (bicyclic) bond motifs is 1. The quantitative estimate of drug-likeness (QED) is 0.609. The maximum absolute atomic E-state index is 11.8. The third-order valence-electron chi connectivity index (χ3n) is 2.73. The van der Waals surface area contributed by atoms with Crippen molar-refractivity contribution >= 4 is 18.3 Å². The smallest absolute Gasteiger partial charge is 0.352 e. The van der Waals surface area contributed by atoms with E-state index in [4.69, 9.17) is 14.2 Å². The molecular weight excluding hydrogens is 248 g/mol. The van der Waals surface area contributed by atoms with Crippen molar-refractivity contribution in [1.82, 2.24) is 0 Å². The number of esters is 1. The predicted molar refractivity (Wildman–Crippen MR) is 68.1 cm³/mol. The summed E-state index contributed by atoms with van der Waals surface area (Å²) < 4.78 is 15.6. The van der Waals surface area contributed by atoms with E-state index in [1.54, 1.807) is 31.2 Å². The number of hydrogen-bond donors (Lipinski definition) is 0. The summed E-state index contributed by atoms with van der Waals surface area (Å²) in [4.78, 5) is 22.8. The van der Waals surface area contributed by atoms with Crippen LogP contribution in [0, 0.1) is 0 Å². The zero-order valence-electron chi connectivity index (χ0n) is 10.7. The summed E-state index contributed by atoms with van der Waals surface area (Å²) in [6, 6.07) is 5.29. The van der Waals surface area contributed by atoms with Gasteiger partial charge in [0.25, 0.3) is 0 Å². The van der Waals surface area contributed by atoms with Crippen LogP contribution in [0.15, 0.2) is 23.8 Å². The lowest BCUT2D eigenvalue weighted by atomic mass is 10.0. The molecule has 2 rings (SSSR count). The first-order valence-corrected chi connectivity index (χ1v) is 5.88. The molecule has 0 aliphatic carbocycles. The first kappa shape index (κ1) is 13.1. The molecule has 0 spiro atoms. The Bertz CT molecular complexity index is 533. The van der Waals surface area contributed by atoms with Crippen LogP contribution in [-0.4, -0.2) is 32.1 Å². The minimum absolute atomic E-state index is 0.226. The molecule has 5 nitrogen and oxygen atoms in total. The van der Waals surface area contributed by atoms with E-state index in [0.717, 1.165) is 0 Å². The van der Waals surface area contributed by atoms with Crippen molar-refractivity contribution in [3.63, 3.8) is 0 Å². The predicted octanol–water partition coefficient (Wildman–Crippen LogP) is 1.60. The van der Waals surface area contributed by atoms with Gasteiger partial charge in [-0.2, -0.15) is 0 Å². The number of para-hydroxylation sites is 1. The summed E-state index contributed by atoms with van der Waals surface area (Å²) in [5.41, 5.74) is 0.932. The number of hydrogen-bond acceptors (Lipinski definition) is 5. The van der Waals surface area contributed by atoms with E-state index in [1.807, 2.05) is 0 Å². The van der Waals surface area contributed by atoms with Crippen LogP contribution >= 0.6 is 0 Å². The van der Waals surface area contributed by atoms with E-state index in [9.17, 15) is 9.59 Å². The van der Waals surface area contributed by atoms with Gasteiger partial charge in [-0.15, -0.1) is 0 Å². The van der Waals surface area contributed by atoms with Crippen molar-refractivity contribution in [2.24, 2.45) is 0 Å². The van der Waals surface area contributed by atoms with Crippen molar-refractivity contribution in [3.05, 3.63) is 29.3 Å². The van der Waals surface area contributed by atoms with Crippen LogP contribution in [-0.2, 0) is 14.3 Å². The SMILES string of the molecule is CCOC(=O)[C@H]1Oc2c(cccc2OC)C=C1C=O. The topological polar surface area (TPSA) is 61.8 Å². The normalized spacial score (nSPS) is 16.7. The Hall–Kier alpha value is -2.30. The van der Waals surface area contributed by atoms with Gasteiger partial charge in [0.2, 0.25) is 6.10 Å². The fourth-order valence-corrected chi connectivity index (χ4v) is 1.87. The van der Waals surface area contributed by atoms with Gasteiger partial charge in [-0.1, -0.05) is 12.1 Å². The first-order valence-electron chi connectivity index (χ1n) is 5.88. The molecule has 100 valence electrons. The van der Waals surface area contributed by atoms with Gasteiger partial charge in [-0.3, -0.25) is 4.79 Å². The second-order valence-electron chi connectivity index (χ2n) is 3.89. The molecule has 0 fully saturated rings. The van der Waals surface area contributed by atoms with Gasteiger partial charge < -0.3 is 14.2 Å². The number of carbonyl (C=O) groups is 2. The van der Waals surface area contributed by atoms with Gasteiger partial charge in [-0.05, 0) is 19.1 Å². The van der Waals surface area contributed by atoms with E-state index in [-0.39, 0.29) is 12.2 Å². The maximum Gasteiger partial charge on any atom is 0.352 e. The Morgan fingerprint density at radius 1 is 1.47 bits per heavy atom. The average molecular weight is 262 g/mol. The molecule has 0 radical (unpaired) electrons. The van der Waals surface area contributed by atoms with E-state index in [1.165, 1.54) is 7.11 Å². The Morgan fingerprint density at radius 2 is 2.26 bits per heavy atom. The van der Waals surface area contributed by atoms with Crippen LogP contribution in [0.1, 0.15) is 12.5 Å². The number of aldehydes is 1. The van der Waals surface area contributed by atoms with Crippen LogP contribution in [0.5, 0.6) is 11.5 Å². The lowest BCUT2D eigenvalue weighted by molar-refractivity contribution is -0.150. The van der Waals surface area contributed by atoms with Gasteiger partial charge in [0.05, 0.1) is 13.7 Å². The Labute approximate surface area is 110 Å². The Balaban J connectivity index is 2.42. The average Bonchev–Trinajstić information content (AvgIpc) is 2.45. The number of ether oxygens (including phenoxy) is 3. The van der Waals surface area contributed by atoms with Crippen LogP contribution < -0.4 is 9.47 Å². The summed E-state index contributed by atoms with van der Waals surface area (Å²) in [5.74, 6) is 0.360. The zero-order chi connectivity index (χ0) is 13.8. The number of methoxy groups -OCH3 is 1. The van der Waals surface area contributed by atoms with Crippen LogP contribution in [0.25, 0.3) is 6.08 Å². The molecule has 0 aromatic heterocycles. The summed E-state index contributed by atoms with van der Waals surface area (Å²) in [6.45, 7) is 1.92. The fraction of sp³-hybridized carbons (Fsp3) is 0.286. The molecule has 1 aromatic carbocycles. The summed E-state index contributed by atoms with van der Waals surface area (Å²) >= 11 is 0. The number of carbonyl (C=O) groups excluding carboxylic acids is 2. The molecule has 1 atom stereocenters. The Kier molecular flexibility index (Phi) is 3.85. The van der Waals surface area contributed by atoms with Crippen molar-refractivity contribution in [2.75, 3.05) is 13.7 Å². The van der Waals surface area contributed by atoms with Crippen LogP contribution in [0.2, 0.25) is 0 Å². The van der Waals surface area contributed by atoms with Crippen molar-refractivity contribution in [2.45, 2.75) is 13.0 Å². The Morgan fingerprint density at radius 3 is 2.89 bits per heavy atom. The molecule has 0 bridgehead atoms. The second-order valence-corrected chi connectivity index (χ2v) is 3.89. The highest BCUT2D eigenvalue weighted by Gasteiger charge is 2.31. The minimum Gasteiger partial charge on any atom is -0.493 e. The zero-order valence-corrected chi connectivity index (χ0v) is 10.7. The molecule has 1 aromatic rings. The van der Waals surface area contributed by atoms with Gasteiger partial charge in [0.1, 0.15) is 6.29 Å². The first-order chi connectivity index (χ1) is 9.21. The summed E-state index contributed by atoms with van der Waals surface area (Å²) in [5, 5.41) is 0.